The molecule has 110 valence electrons. The average Bonchev–Trinajstić information content (AvgIpc) is 2.98. The normalized spacial score (nSPS) is 21.7. The molecule has 1 saturated heterocycles. The molecule has 1 N–H and O–H groups in total. The van der Waals surface area contributed by atoms with E-state index in [1.807, 2.05) is 0 Å². The predicted octanol–water partition coefficient (Wildman–Crippen LogP) is 4.29. The standard InChI is InChI=1S/C19H23NO/c1-14(2)21-17-10-8-16(9-11-17)19-18(12-13-20-19)15-6-4-3-5-7-15/h3-11,14,18-20H,12-13H2,1-2H3. The molecule has 0 radical (unpaired) electrons. The Morgan fingerprint density at radius 3 is 2.33 bits per heavy atom. The lowest BCUT2D eigenvalue weighted by Gasteiger charge is -2.21. The fourth-order valence-corrected chi connectivity index (χ4v) is 3.14. The molecule has 1 fully saturated rings. The quantitative estimate of drug-likeness (QED) is 0.902. The minimum absolute atomic E-state index is 0.220. The van der Waals surface area contributed by atoms with Crippen molar-refractivity contribution < 1.29 is 4.74 Å². The molecule has 1 heterocycles. The van der Waals surface area contributed by atoms with Crippen molar-refractivity contribution in [2.24, 2.45) is 0 Å². The van der Waals surface area contributed by atoms with Crippen molar-refractivity contribution in [1.29, 1.82) is 0 Å². The van der Waals surface area contributed by atoms with Gasteiger partial charge in [-0.05, 0) is 50.1 Å². The lowest BCUT2D eigenvalue weighted by molar-refractivity contribution is 0.242. The Morgan fingerprint density at radius 1 is 0.952 bits per heavy atom. The molecule has 2 unspecified atom stereocenters. The third-order valence-electron chi connectivity index (χ3n) is 4.06. The first kappa shape index (κ1) is 14.2. The smallest absolute Gasteiger partial charge is 0.119 e. The Bertz CT molecular complexity index is 562. The monoisotopic (exact) mass is 281 g/mol. The van der Waals surface area contributed by atoms with Crippen LogP contribution in [0.25, 0.3) is 0 Å². The molecule has 21 heavy (non-hydrogen) atoms. The van der Waals surface area contributed by atoms with Crippen molar-refractivity contribution >= 4 is 0 Å². The summed E-state index contributed by atoms with van der Waals surface area (Å²) in [5.41, 5.74) is 2.77. The van der Waals surface area contributed by atoms with E-state index in [1.165, 1.54) is 17.5 Å². The van der Waals surface area contributed by atoms with Gasteiger partial charge < -0.3 is 10.1 Å². The molecule has 1 aliphatic rings. The zero-order valence-corrected chi connectivity index (χ0v) is 12.8. The number of rotatable bonds is 4. The molecular weight excluding hydrogens is 258 g/mol. The van der Waals surface area contributed by atoms with Crippen molar-refractivity contribution in [2.75, 3.05) is 6.54 Å². The molecule has 2 atom stereocenters. The summed E-state index contributed by atoms with van der Waals surface area (Å²) in [6.45, 7) is 5.18. The van der Waals surface area contributed by atoms with Crippen LogP contribution >= 0.6 is 0 Å². The maximum absolute atomic E-state index is 5.72. The molecule has 3 rings (SSSR count). The molecule has 0 aliphatic carbocycles. The number of hydrogen-bond acceptors (Lipinski definition) is 2. The largest absolute Gasteiger partial charge is 0.491 e. The summed E-state index contributed by atoms with van der Waals surface area (Å²) in [7, 11) is 0. The Balaban J connectivity index is 1.79. The summed E-state index contributed by atoms with van der Waals surface area (Å²) in [4.78, 5) is 0. The number of nitrogens with one attached hydrogen (secondary N) is 1. The highest BCUT2D eigenvalue weighted by molar-refractivity contribution is 5.33. The van der Waals surface area contributed by atoms with Gasteiger partial charge in [0.05, 0.1) is 6.10 Å². The second kappa shape index (κ2) is 6.31. The van der Waals surface area contributed by atoms with Crippen molar-refractivity contribution in [3.63, 3.8) is 0 Å². The molecule has 1 aliphatic heterocycles. The first-order valence-corrected chi connectivity index (χ1v) is 7.79. The fourth-order valence-electron chi connectivity index (χ4n) is 3.14. The van der Waals surface area contributed by atoms with Crippen LogP contribution in [0.5, 0.6) is 5.75 Å². The van der Waals surface area contributed by atoms with Gasteiger partial charge in [0.2, 0.25) is 0 Å². The van der Waals surface area contributed by atoms with E-state index in [2.05, 4.69) is 73.8 Å². The minimum Gasteiger partial charge on any atom is -0.491 e. The van der Waals surface area contributed by atoms with Gasteiger partial charge in [-0.15, -0.1) is 0 Å². The van der Waals surface area contributed by atoms with E-state index in [1.54, 1.807) is 0 Å². The summed E-state index contributed by atoms with van der Waals surface area (Å²) in [5, 5.41) is 3.64. The SMILES string of the molecule is CC(C)Oc1ccc(C2NCCC2c2ccccc2)cc1. The zero-order valence-electron chi connectivity index (χ0n) is 12.8. The van der Waals surface area contributed by atoms with Crippen LogP contribution < -0.4 is 10.1 Å². The van der Waals surface area contributed by atoms with Crippen molar-refractivity contribution in [2.45, 2.75) is 38.3 Å². The molecule has 0 saturated carbocycles. The Morgan fingerprint density at radius 2 is 1.67 bits per heavy atom. The van der Waals surface area contributed by atoms with E-state index in [0.717, 1.165) is 12.3 Å². The van der Waals surface area contributed by atoms with Crippen molar-refractivity contribution in [3.05, 3.63) is 65.7 Å². The summed E-state index contributed by atoms with van der Waals surface area (Å²) in [6.07, 6.45) is 1.41. The molecule has 2 aromatic carbocycles. The van der Waals surface area contributed by atoms with Gasteiger partial charge in [0.25, 0.3) is 0 Å². The topological polar surface area (TPSA) is 21.3 Å². The van der Waals surface area contributed by atoms with Crippen LogP contribution in [0.3, 0.4) is 0 Å². The number of ether oxygens (including phenoxy) is 1. The maximum atomic E-state index is 5.72. The lowest BCUT2D eigenvalue weighted by atomic mass is 9.88. The first-order chi connectivity index (χ1) is 10.2. The summed E-state index contributed by atoms with van der Waals surface area (Å²) < 4.78 is 5.72. The summed E-state index contributed by atoms with van der Waals surface area (Å²) in [5.74, 6) is 1.51. The fraction of sp³-hybridized carbons (Fsp3) is 0.368. The predicted molar refractivity (Wildman–Crippen MR) is 86.7 cm³/mol. The molecular formula is C19H23NO. The maximum Gasteiger partial charge on any atom is 0.119 e. The number of benzene rings is 2. The highest BCUT2D eigenvalue weighted by Crippen LogP contribution is 2.37. The molecule has 0 spiro atoms. The van der Waals surface area contributed by atoms with Crippen LogP contribution in [0, 0.1) is 0 Å². The van der Waals surface area contributed by atoms with Crippen LogP contribution in [0.2, 0.25) is 0 Å². The van der Waals surface area contributed by atoms with Gasteiger partial charge in [0.1, 0.15) is 5.75 Å². The number of hydrogen-bond donors (Lipinski definition) is 1. The summed E-state index contributed by atoms with van der Waals surface area (Å²) in [6, 6.07) is 19.8. The van der Waals surface area contributed by atoms with Gasteiger partial charge in [-0.25, -0.2) is 0 Å². The van der Waals surface area contributed by atoms with Crippen LogP contribution in [0.1, 0.15) is 43.4 Å². The van der Waals surface area contributed by atoms with Gasteiger partial charge in [0.15, 0.2) is 0 Å². The van der Waals surface area contributed by atoms with E-state index in [4.69, 9.17) is 4.74 Å². The van der Waals surface area contributed by atoms with E-state index >= 15 is 0 Å². The summed E-state index contributed by atoms with van der Waals surface area (Å²) >= 11 is 0. The van der Waals surface area contributed by atoms with Crippen molar-refractivity contribution in [1.82, 2.24) is 5.32 Å². The minimum atomic E-state index is 0.220. The van der Waals surface area contributed by atoms with Crippen LogP contribution in [-0.2, 0) is 0 Å². The molecule has 2 heteroatoms. The van der Waals surface area contributed by atoms with E-state index in [-0.39, 0.29) is 6.10 Å². The lowest BCUT2D eigenvalue weighted by Crippen LogP contribution is -2.17. The van der Waals surface area contributed by atoms with Crippen LogP contribution in [0.4, 0.5) is 0 Å². The van der Waals surface area contributed by atoms with Gasteiger partial charge in [-0.2, -0.15) is 0 Å². The van der Waals surface area contributed by atoms with Crippen molar-refractivity contribution in [3.8, 4) is 5.75 Å². The van der Waals surface area contributed by atoms with Crippen LogP contribution in [0.15, 0.2) is 54.6 Å². The molecule has 2 aromatic rings. The zero-order chi connectivity index (χ0) is 14.7. The second-order valence-corrected chi connectivity index (χ2v) is 5.97. The first-order valence-electron chi connectivity index (χ1n) is 7.79. The van der Waals surface area contributed by atoms with Gasteiger partial charge in [-0.3, -0.25) is 0 Å². The van der Waals surface area contributed by atoms with Gasteiger partial charge in [0, 0.05) is 12.0 Å². The molecule has 2 nitrogen and oxygen atoms in total. The Labute approximate surface area is 127 Å². The van der Waals surface area contributed by atoms with Gasteiger partial charge in [-0.1, -0.05) is 42.5 Å². The third-order valence-corrected chi connectivity index (χ3v) is 4.06. The highest BCUT2D eigenvalue weighted by atomic mass is 16.5. The van der Waals surface area contributed by atoms with E-state index < -0.39 is 0 Å². The van der Waals surface area contributed by atoms with Crippen LogP contribution in [-0.4, -0.2) is 12.6 Å². The van der Waals surface area contributed by atoms with E-state index in [9.17, 15) is 0 Å². The van der Waals surface area contributed by atoms with E-state index in [0.29, 0.717) is 12.0 Å². The Hall–Kier alpha value is -1.80. The average molecular weight is 281 g/mol. The van der Waals surface area contributed by atoms with Gasteiger partial charge >= 0.3 is 0 Å². The molecule has 0 bridgehead atoms. The molecule has 0 aromatic heterocycles. The molecule has 0 amide bonds. The third kappa shape index (κ3) is 3.27. The Kier molecular flexibility index (Phi) is 4.26. The highest BCUT2D eigenvalue weighted by Gasteiger charge is 2.29. The second-order valence-electron chi connectivity index (χ2n) is 5.97.